The fourth-order valence-electron chi connectivity index (χ4n) is 7.74. The van der Waals surface area contributed by atoms with Crippen molar-refractivity contribution in [3.63, 3.8) is 0 Å². The van der Waals surface area contributed by atoms with Crippen LogP contribution < -0.4 is 26.2 Å². The maximum atomic E-state index is 4.11. The predicted molar refractivity (Wildman–Crippen MR) is 281 cm³/mol. The summed E-state index contributed by atoms with van der Waals surface area (Å²) in [5, 5.41) is 15.5. The maximum Gasteiger partial charge on any atom is 0.0874 e. The number of para-hydroxylation sites is 4. The summed E-state index contributed by atoms with van der Waals surface area (Å²) in [6.07, 6.45) is 10.7. The summed E-state index contributed by atoms with van der Waals surface area (Å²) in [6, 6.07) is 79.6. The first-order chi connectivity index (χ1) is 32.2. The lowest BCUT2D eigenvalue weighted by atomic mass is 9.99. The Morgan fingerprint density at radius 1 is 0.308 bits per heavy atom. The summed E-state index contributed by atoms with van der Waals surface area (Å²) in [5.74, 6) is 0. The summed E-state index contributed by atoms with van der Waals surface area (Å²) in [7, 11) is 0. The minimum absolute atomic E-state index is 0.883. The smallest absolute Gasteiger partial charge is 0.0874 e. The van der Waals surface area contributed by atoms with Crippen molar-refractivity contribution in [3.8, 4) is 0 Å². The van der Waals surface area contributed by atoms with Gasteiger partial charge >= 0.3 is 0 Å². The molecule has 5 nitrogen and oxygen atoms in total. The van der Waals surface area contributed by atoms with Crippen molar-refractivity contribution < 1.29 is 0 Å². The number of anilines is 11. The second-order valence-corrected chi connectivity index (χ2v) is 15.4. The maximum absolute atomic E-state index is 4.11. The van der Waals surface area contributed by atoms with Crippen LogP contribution in [-0.2, 0) is 0 Å². The van der Waals surface area contributed by atoms with Crippen molar-refractivity contribution >= 4 is 92.9 Å². The molecular weight excluding hydrogens is 791 g/mol. The van der Waals surface area contributed by atoms with Crippen LogP contribution >= 0.6 is 0 Å². The first-order valence-corrected chi connectivity index (χ1v) is 21.8. The molecule has 0 aliphatic carbocycles. The summed E-state index contributed by atoms with van der Waals surface area (Å²) in [5.41, 5.74) is 15.4. The van der Waals surface area contributed by atoms with Gasteiger partial charge in [-0.25, -0.2) is 0 Å². The molecule has 0 saturated carbocycles. The molecule has 65 heavy (non-hydrogen) atoms. The fraction of sp³-hybridized carbons (Fsp3) is 0. The van der Waals surface area contributed by atoms with Crippen LogP contribution in [0, 0.1) is 0 Å². The number of hydrogen-bond donors (Lipinski definition) is 4. The Morgan fingerprint density at radius 3 is 1.00 bits per heavy atom. The van der Waals surface area contributed by atoms with Gasteiger partial charge in [-0.05, 0) is 89.5 Å². The Bertz CT molecular complexity index is 2820. The van der Waals surface area contributed by atoms with E-state index in [4.69, 9.17) is 0 Å². The molecule has 0 fully saturated rings. The van der Waals surface area contributed by atoms with E-state index < -0.39 is 0 Å². The molecular formula is C60H49N5. The van der Waals surface area contributed by atoms with Crippen molar-refractivity contribution in [1.82, 2.24) is 0 Å². The van der Waals surface area contributed by atoms with Crippen LogP contribution in [0.4, 0.5) is 62.6 Å². The molecule has 0 aromatic heterocycles. The second kappa shape index (κ2) is 20.4. The molecule has 0 amide bonds. The lowest BCUT2D eigenvalue weighted by Gasteiger charge is -2.34. The van der Waals surface area contributed by atoms with Crippen molar-refractivity contribution in [3.05, 3.63) is 265 Å². The van der Waals surface area contributed by atoms with Gasteiger partial charge in [0.15, 0.2) is 0 Å². The number of rotatable bonds is 16. The highest BCUT2D eigenvalue weighted by Gasteiger charge is 2.28. The molecule has 0 saturated heterocycles. The Morgan fingerprint density at radius 2 is 0.646 bits per heavy atom. The third kappa shape index (κ3) is 10.3. The lowest BCUT2D eigenvalue weighted by molar-refractivity contribution is 1.26. The third-order valence-electron chi connectivity index (χ3n) is 11.0. The summed E-state index contributed by atoms with van der Waals surface area (Å²) < 4.78 is 0. The molecule has 0 unspecified atom stereocenters. The van der Waals surface area contributed by atoms with E-state index in [1.54, 1.807) is 0 Å². The normalized spacial score (nSPS) is 11.0. The van der Waals surface area contributed by atoms with Crippen molar-refractivity contribution in [2.45, 2.75) is 0 Å². The topological polar surface area (TPSA) is 51.4 Å². The van der Waals surface area contributed by atoms with E-state index in [2.05, 4.69) is 251 Å². The van der Waals surface area contributed by atoms with Gasteiger partial charge in [-0.1, -0.05) is 195 Å². The van der Waals surface area contributed by atoms with Gasteiger partial charge in [-0.2, -0.15) is 0 Å². The highest BCUT2D eigenvalue weighted by Crippen LogP contribution is 2.52. The zero-order chi connectivity index (χ0) is 44.0. The number of hydrogen-bond acceptors (Lipinski definition) is 5. The highest BCUT2D eigenvalue weighted by molar-refractivity contribution is 6.06. The summed E-state index contributed by atoms with van der Waals surface area (Å²) in [6.45, 7) is 4.11. The van der Waals surface area contributed by atoms with Crippen LogP contribution in [0.2, 0.25) is 0 Å². The molecule has 0 radical (unpaired) electrons. The van der Waals surface area contributed by atoms with Crippen LogP contribution in [-0.4, -0.2) is 0 Å². The lowest BCUT2D eigenvalue weighted by Crippen LogP contribution is -2.18. The van der Waals surface area contributed by atoms with Crippen LogP contribution in [0.15, 0.2) is 237 Å². The van der Waals surface area contributed by atoms with E-state index in [1.165, 1.54) is 0 Å². The molecule has 9 aromatic rings. The van der Waals surface area contributed by atoms with Crippen LogP contribution in [0.3, 0.4) is 0 Å². The highest BCUT2D eigenvalue weighted by atomic mass is 15.2. The van der Waals surface area contributed by atoms with E-state index >= 15 is 0 Å². The van der Waals surface area contributed by atoms with Gasteiger partial charge in [0.25, 0.3) is 0 Å². The first-order valence-electron chi connectivity index (χ1n) is 21.8. The summed E-state index contributed by atoms with van der Waals surface area (Å²) >= 11 is 0. The van der Waals surface area contributed by atoms with Gasteiger partial charge in [0.1, 0.15) is 0 Å². The van der Waals surface area contributed by atoms with Crippen molar-refractivity contribution in [1.29, 1.82) is 0 Å². The molecule has 0 heterocycles. The van der Waals surface area contributed by atoms with Crippen molar-refractivity contribution in [2.75, 3.05) is 26.2 Å². The second-order valence-electron chi connectivity index (χ2n) is 15.4. The Labute approximate surface area is 382 Å². The minimum Gasteiger partial charge on any atom is -0.354 e. The largest absolute Gasteiger partial charge is 0.354 e. The van der Waals surface area contributed by atoms with E-state index in [-0.39, 0.29) is 0 Å². The van der Waals surface area contributed by atoms with Gasteiger partial charge < -0.3 is 26.2 Å². The Hall–Kier alpha value is -8.80. The average molecular weight is 840 g/mol. The van der Waals surface area contributed by atoms with Gasteiger partial charge in [-0.3, -0.25) is 0 Å². The molecule has 0 spiro atoms. The van der Waals surface area contributed by atoms with Gasteiger partial charge in [0.2, 0.25) is 0 Å². The molecule has 0 bridgehead atoms. The molecule has 0 aliphatic rings. The molecule has 9 aromatic carbocycles. The molecule has 4 N–H and O–H groups in total. The van der Waals surface area contributed by atoms with E-state index in [1.807, 2.05) is 42.5 Å². The fourth-order valence-corrected chi connectivity index (χ4v) is 7.74. The Balaban J connectivity index is 1.40. The number of benzene rings is 9. The molecule has 9 rings (SSSR count). The van der Waals surface area contributed by atoms with E-state index in [0.29, 0.717) is 0 Å². The van der Waals surface area contributed by atoms with Gasteiger partial charge in [-0.15, -0.1) is 0 Å². The molecule has 5 heteroatoms. The standard InChI is InChI=1S/C60H49N5/c1-2-45-35-41-54(42-36-45)65(59-48(37-33-46-21-9-3-10-22-46)39-43-55(61-50-25-13-5-14-26-50)57(59)63-52-29-17-7-18-30-52)60-49(38-34-47-23-11-4-12-24-47)40-44-56(62-51-27-15-6-16-28-51)58(60)64-53-31-19-8-20-32-53/h2-44,61-64H,1H2/b37-33-,38-34-. The van der Waals surface area contributed by atoms with Crippen molar-refractivity contribution in [2.24, 2.45) is 0 Å². The van der Waals surface area contributed by atoms with Gasteiger partial charge in [0.05, 0.1) is 34.1 Å². The average Bonchev–Trinajstić information content (AvgIpc) is 3.37. The summed E-state index contributed by atoms with van der Waals surface area (Å²) in [4.78, 5) is 2.39. The zero-order valence-electron chi connectivity index (χ0n) is 36.0. The zero-order valence-corrected chi connectivity index (χ0v) is 36.0. The van der Waals surface area contributed by atoms with Crippen LogP contribution in [0.25, 0.3) is 30.4 Å². The molecule has 0 atom stereocenters. The third-order valence-corrected chi connectivity index (χ3v) is 11.0. The van der Waals surface area contributed by atoms with E-state index in [9.17, 15) is 0 Å². The number of nitrogens with zero attached hydrogens (tertiary/aromatic N) is 1. The predicted octanol–water partition coefficient (Wildman–Crippen LogP) is 17.1. The quantitative estimate of drug-likeness (QED) is 0.0731. The van der Waals surface area contributed by atoms with E-state index in [0.717, 1.165) is 90.4 Å². The first kappa shape index (κ1) is 41.5. The minimum atomic E-state index is 0.883. The van der Waals surface area contributed by atoms with Crippen LogP contribution in [0.1, 0.15) is 27.8 Å². The number of nitrogens with one attached hydrogen (secondary N) is 4. The molecule has 0 aliphatic heterocycles. The van der Waals surface area contributed by atoms with Gasteiger partial charge in [0, 0.05) is 39.6 Å². The monoisotopic (exact) mass is 839 g/mol. The Kier molecular flexibility index (Phi) is 13.0. The van der Waals surface area contributed by atoms with Crippen LogP contribution in [0.5, 0.6) is 0 Å². The SMILES string of the molecule is C=Cc1ccc(N(c2c(/C=C\c3ccccc3)ccc(Nc3ccccc3)c2Nc2ccccc2)c2c(/C=C\c3ccccc3)ccc(Nc3ccccc3)c2Nc2ccccc2)cc1. The molecule has 314 valence electrons.